The van der Waals surface area contributed by atoms with E-state index in [4.69, 9.17) is 0 Å². The molecule has 0 bridgehead atoms. The van der Waals surface area contributed by atoms with Gasteiger partial charge in [-0.1, -0.05) is 20.3 Å². The minimum absolute atomic E-state index is 0. The van der Waals surface area contributed by atoms with Crippen LogP contribution in [0.15, 0.2) is 0 Å². The summed E-state index contributed by atoms with van der Waals surface area (Å²) in [6.45, 7) is 4.02. The average molecular weight is 108 g/mol. The molecule has 0 aliphatic heterocycles. The first-order valence-electron chi connectivity index (χ1n) is 2.76. The van der Waals surface area contributed by atoms with E-state index in [0.717, 1.165) is 19.1 Å². The van der Waals surface area contributed by atoms with Gasteiger partial charge in [-0.15, -0.1) is 0 Å². The van der Waals surface area contributed by atoms with Gasteiger partial charge in [-0.2, -0.15) is 0 Å². The van der Waals surface area contributed by atoms with Gasteiger partial charge in [-0.05, 0) is 6.42 Å². The molecule has 0 amide bonds. The predicted molar refractivity (Wildman–Crippen MR) is 37.3 cm³/mol. The fourth-order valence-electron chi connectivity index (χ4n) is 0.523. The summed E-state index contributed by atoms with van der Waals surface area (Å²) < 4.78 is 0. The molecule has 0 spiro atoms. The standard InChI is InChI=1S/C6H12O.Li.H/c1-3-4-6(2)5-7;;/h5-6H,3-4H2,1-2H3;;. The number of rotatable bonds is 3. The van der Waals surface area contributed by atoms with E-state index in [-0.39, 0.29) is 24.8 Å². The molecule has 1 unspecified atom stereocenters. The Morgan fingerprint density at radius 2 is 2.12 bits per heavy atom. The molecular weight excluding hydrogens is 95.0 g/mol. The van der Waals surface area contributed by atoms with Crippen LogP contribution in [-0.4, -0.2) is 25.1 Å². The zero-order chi connectivity index (χ0) is 5.70. The predicted octanol–water partition coefficient (Wildman–Crippen LogP) is 0.973. The topological polar surface area (TPSA) is 17.1 Å². The quantitative estimate of drug-likeness (QED) is 0.389. The average Bonchev–Trinajstić information content (AvgIpc) is 1.68. The summed E-state index contributed by atoms with van der Waals surface area (Å²) in [5.41, 5.74) is 0. The molecule has 0 saturated carbocycles. The Kier molecular flexibility index (Phi) is 10.1. The summed E-state index contributed by atoms with van der Waals surface area (Å²) in [6, 6.07) is 0. The van der Waals surface area contributed by atoms with Crippen molar-refractivity contribution in [2.75, 3.05) is 0 Å². The van der Waals surface area contributed by atoms with Crippen molar-refractivity contribution in [3.05, 3.63) is 0 Å². The molecule has 0 aromatic carbocycles. The fourth-order valence-corrected chi connectivity index (χ4v) is 0.523. The van der Waals surface area contributed by atoms with Gasteiger partial charge in [0.15, 0.2) is 0 Å². The van der Waals surface area contributed by atoms with Gasteiger partial charge in [0.2, 0.25) is 0 Å². The molecule has 0 aliphatic carbocycles. The Bertz CT molecular complexity index is 54.5. The van der Waals surface area contributed by atoms with Crippen molar-refractivity contribution < 1.29 is 4.79 Å². The van der Waals surface area contributed by atoms with Crippen LogP contribution in [0.2, 0.25) is 0 Å². The van der Waals surface area contributed by atoms with Crippen molar-refractivity contribution >= 4 is 25.1 Å². The summed E-state index contributed by atoms with van der Waals surface area (Å²) in [6.07, 6.45) is 3.15. The van der Waals surface area contributed by atoms with Crippen LogP contribution >= 0.6 is 0 Å². The van der Waals surface area contributed by atoms with Crippen molar-refractivity contribution in [2.24, 2.45) is 5.92 Å². The number of aldehydes is 1. The molecule has 0 radical (unpaired) electrons. The maximum absolute atomic E-state index is 9.89. The van der Waals surface area contributed by atoms with Crippen LogP contribution in [-0.2, 0) is 4.79 Å². The first-order chi connectivity index (χ1) is 3.31. The molecule has 0 aromatic heterocycles. The van der Waals surface area contributed by atoms with Crippen LogP contribution in [0.4, 0.5) is 0 Å². The monoisotopic (exact) mass is 108 g/mol. The van der Waals surface area contributed by atoms with Crippen LogP contribution in [0.1, 0.15) is 26.7 Å². The van der Waals surface area contributed by atoms with Crippen molar-refractivity contribution in [1.82, 2.24) is 0 Å². The molecular formula is C6H13LiO. The minimum atomic E-state index is 0. The van der Waals surface area contributed by atoms with E-state index in [1.807, 2.05) is 6.92 Å². The van der Waals surface area contributed by atoms with Crippen LogP contribution in [0.3, 0.4) is 0 Å². The van der Waals surface area contributed by atoms with Crippen molar-refractivity contribution in [3.63, 3.8) is 0 Å². The van der Waals surface area contributed by atoms with Gasteiger partial charge >= 0.3 is 18.9 Å². The van der Waals surface area contributed by atoms with E-state index in [1.165, 1.54) is 0 Å². The molecule has 0 saturated heterocycles. The third-order valence-electron chi connectivity index (χ3n) is 0.976. The van der Waals surface area contributed by atoms with Gasteiger partial charge in [0.25, 0.3) is 0 Å². The summed E-state index contributed by atoms with van der Waals surface area (Å²) in [7, 11) is 0. The first-order valence-corrected chi connectivity index (χ1v) is 2.76. The third kappa shape index (κ3) is 6.27. The molecule has 0 fully saturated rings. The van der Waals surface area contributed by atoms with Crippen LogP contribution in [0.25, 0.3) is 0 Å². The number of hydrogen-bond donors (Lipinski definition) is 0. The van der Waals surface area contributed by atoms with E-state index in [1.54, 1.807) is 0 Å². The second-order valence-corrected chi connectivity index (χ2v) is 1.90. The Hall–Kier alpha value is 0.267. The SMILES string of the molecule is CCCC(C)C=O.[LiH]. The second kappa shape index (κ2) is 7.27. The van der Waals surface area contributed by atoms with E-state index < -0.39 is 0 Å². The molecule has 0 aliphatic rings. The van der Waals surface area contributed by atoms with Crippen molar-refractivity contribution in [2.45, 2.75) is 26.7 Å². The Morgan fingerprint density at radius 1 is 1.62 bits per heavy atom. The molecule has 8 heavy (non-hydrogen) atoms. The maximum atomic E-state index is 9.89. The molecule has 1 atom stereocenters. The van der Waals surface area contributed by atoms with Gasteiger partial charge < -0.3 is 4.79 Å². The summed E-state index contributed by atoms with van der Waals surface area (Å²) in [5.74, 6) is 0.269. The Balaban J connectivity index is 0. The molecule has 0 heterocycles. The fraction of sp³-hybridized carbons (Fsp3) is 0.833. The van der Waals surface area contributed by atoms with Crippen LogP contribution in [0, 0.1) is 5.92 Å². The van der Waals surface area contributed by atoms with E-state index in [2.05, 4.69) is 6.92 Å². The van der Waals surface area contributed by atoms with Gasteiger partial charge in [-0.25, -0.2) is 0 Å². The van der Waals surface area contributed by atoms with Gasteiger partial charge in [0.1, 0.15) is 6.29 Å². The molecule has 1 nitrogen and oxygen atoms in total. The Labute approximate surface area is 63.0 Å². The van der Waals surface area contributed by atoms with Gasteiger partial charge in [0, 0.05) is 5.92 Å². The van der Waals surface area contributed by atoms with Gasteiger partial charge in [0.05, 0.1) is 0 Å². The summed E-state index contributed by atoms with van der Waals surface area (Å²) >= 11 is 0. The molecule has 44 valence electrons. The van der Waals surface area contributed by atoms with Crippen LogP contribution < -0.4 is 0 Å². The molecule has 0 aromatic rings. The Morgan fingerprint density at radius 3 is 2.25 bits per heavy atom. The van der Waals surface area contributed by atoms with E-state index in [9.17, 15) is 4.79 Å². The number of carbonyl (C=O) groups excluding carboxylic acids is 1. The normalized spacial score (nSPS) is 11.8. The summed E-state index contributed by atoms with van der Waals surface area (Å²) in [4.78, 5) is 9.89. The number of carbonyl (C=O) groups is 1. The number of hydrogen-bond acceptors (Lipinski definition) is 1. The van der Waals surface area contributed by atoms with Crippen molar-refractivity contribution in [1.29, 1.82) is 0 Å². The van der Waals surface area contributed by atoms with E-state index >= 15 is 0 Å². The van der Waals surface area contributed by atoms with E-state index in [0.29, 0.717) is 0 Å². The molecule has 0 N–H and O–H groups in total. The van der Waals surface area contributed by atoms with Crippen molar-refractivity contribution in [3.8, 4) is 0 Å². The third-order valence-corrected chi connectivity index (χ3v) is 0.976. The van der Waals surface area contributed by atoms with Crippen LogP contribution in [0.5, 0.6) is 0 Å². The molecule has 2 heteroatoms. The zero-order valence-electron chi connectivity index (χ0n) is 4.98. The molecule has 0 rings (SSSR count). The van der Waals surface area contributed by atoms with Gasteiger partial charge in [-0.3, -0.25) is 0 Å². The first kappa shape index (κ1) is 11.1. The second-order valence-electron chi connectivity index (χ2n) is 1.90. The zero-order valence-corrected chi connectivity index (χ0v) is 4.98. The summed E-state index contributed by atoms with van der Waals surface area (Å²) in [5, 5.41) is 0.